The molecule has 0 saturated heterocycles. The number of aliphatic hydroxyl groups excluding tert-OH is 1. The molecule has 3 heteroatoms. The zero-order valence-electron chi connectivity index (χ0n) is 10.7. The highest BCUT2D eigenvalue weighted by molar-refractivity contribution is 5.31. The second kappa shape index (κ2) is 6.64. The van der Waals surface area contributed by atoms with Crippen LogP contribution in [0, 0.1) is 11.8 Å². The lowest BCUT2D eigenvalue weighted by molar-refractivity contribution is 0.0982. The van der Waals surface area contributed by atoms with Gasteiger partial charge < -0.3 is 14.9 Å². The SMILES string of the molecule is OCC(COc1cccc(O)c1)C1CCCCC1. The zero-order valence-corrected chi connectivity index (χ0v) is 10.7. The maximum absolute atomic E-state index is 9.48. The zero-order chi connectivity index (χ0) is 12.8. The Hall–Kier alpha value is -1.22. The summed E-state index contributed by atoms with van der Waals surface area (Å²) in [4.78, 5) is 0. The number of ether oxygens (including phenoxy) is 1. The lowest BCUT2D eigenvalue weighted by atomic mass is 9.81. The topological polar surface area (TPSA) is 49.7 Å². The van der Waals surface area contributed by atoms with Gasteiger partial charge in [0.25, 0.3) is 0 Å². The van der Waals surface area contributed by atoms with E-state index in [-0.39, 0.29) is 18.3 Å². The van der Waals surface area contributed by atoms with Crippen LogP contribution < -0.4 is 4.74 Å². The maximum Gasteiger partial charge on any atom is 0.122 e. The van der Waals surface area contributed by atoms with Gasteiger partial charge in [0.1, 0.15) is 11.5 Å². The molecule has 1 aromatic rings. The average Bonchev–Trinajstić information content (AvgIpc) is 2.41. The fourth-order valence-corrected chi connectivity index (χ4v) is 2.72. The predicted molar refractivity (Wildman–Crippen MR) is 70.8 cm³/mol. The summed E-state index contributed by atoms with van der Waals surface area (Å²) in [5.74, 6) is 1.68. The van der Waals surface area contributed by atoms with E-state index in [2.05, 4.69) is 0 Å². The minimum absolute atomic E-state index is 0.184. The van der Waals surface area contributed by atoms with Crippen LogP contribution in [-0.4, -0.2) is 23.4 Å². The van der Waals surface area contributed by atoms with Gasteiger partial charge in [0, 0.05) is 18.6 Å². The number of phenolic OH excluding ortho intramolecular Hbond substituents is 1. The number of phenols is 1. The number of rotatable bonds is 5. The van der Waals surface area contributed by atoms with E-state index >= 15 is 0 Å². The molecule has 0 radical (unpaired) electrons. The van der Waals surface area contributed by atoms with Gasteiger partial charge in [-0.15, -0.1) is 0 Å². The summed E-state index contributed by atoms with van der Waals surface area (Å²) < 4.78 is 5.67. The third kappa shape index (κ3) is 3.64. The molecule has 3 nitrogen and oxygen atoms in total. The van der Waals surface area contributed by atoms with Crippen molar-refractivity contribution in [2.45, 2.75) is 32.1 Å². The molecular formula is C15H22O3. The molecule has 2 N–H and O–H groups in total. The number of hydrogen-bond donors (Lipinski definition) is 2. The van der Waals surface area contributed by atoms with Gasteiger partial charge in [-0.1, -0.05) is 25.3 Å². The molecule has 0 amide bonds. The van der Waals surface area contributed by atoms with E-state index in [4.69, 9.17) is 4.74 Å². The molecule has 0 spiro atoms. The van der Waals surface area contributed by atoms with Gasteiger partial charge in [-0.25, -0.2) is 0 Å². The van der Waals surface area contributed by atoms with Crippen LogP contribution in [-0.2, 0) is 0 Å². The van der Waals surface area contributed by atoms with Crippen molar-refractivity contribution >= 4 is 0 Å². The number of hydrogen-bond acceptors (Lipinski definition) is 3. The molecule has 1 fully saturated rings. The summed E-state index contributed by atoms with van der Waals surface area (Å²) in [5.41, 5.74) is 0. The molecular weight excluding hydrogens is 228 g/mol. The van der Waals surface area contributed by atoms with Gasteiger partial charge in [-0.2, -0.15) is 0 Å². The molecule has 1 atom stereocenters. The highest BCUT2D eigenvalue weighted by Gasteiger charge is 2.23. The average molecular weight is 250 g/mol. The Morgan fingerprint density at radius 3 is 2.67 bits per heavy atom. The fraction of sp³-hybridized carbons (Fsp3) is 0.600. The third-order valence-electron chi connectivity index (χ3n) is 3.83. The van der Waals surface area contributed by atoms with Gasteiger partial charge in [-0.05, 0) is 30.9 Å². The molecule has 100 valence electrons. The Bertz CT molecular complexity index is 359. The summed E-state index contributed by atoms with van der Waals surface area (Å²) in [5, 5.41) is 18.8. The third-order valence-corrected chi connectivity index (χ3v) is 3.83. The summed E-state index contributed by atoms with van der Waals surface area (Å²) >= 11 is 0. The van der Waals surface area contributed by atoms with E-state index in [0.29, 0.717) is 18.3 Å². The van der Waals surface area contributed by atoms with Crippen molar-refractivity contribution in [1.82, 2.24) is 0 Å². The smallest absolute Gasteiger partial charge is 0.122 e. The molecule has 1 saturated carbocycles. The highest BCUT2D eigenvalue weighted by atomic mass is 16.5. The molecule has 1 unspecified atom stereocenters. The molecule has 1 aliphatic carbocycles. The molecule has 0 heterocycles. The highest BCUT2D eigenvalue weighted by Crippen LogP contribution is 2.30. The van der Waals surface area contributed by atoms with Crippen molar-refractivity contribution < 1.29 is 14.9 Å². The van der Waals surface area contributed by atoms with E-state index in [9.17, 15) is 10.2 Å². The van der Waals surface area contributed by atoms with Gasteiger partial charge in [0.2, 0.25) is 0 Å². The van der Waals surface area contributed by atoms with Crippen molar-refractivity contribution in [2.75, 3.05) is 13.2 Å². The van der Waals surface area contributed by atoms with Gasteiger partial charge in [0.15, 0.2) is 0 Å². The molecule has 0 aliphatic heterocycles. The monoisotopic (exact) mass is 250 g/mol. The first-order valence-corrected chi connectivity index (χ1v) is 6.82. The van der Waals surface area contributed by atoms with Crippen molar-refractivity contribution in [1.29, 1.82) is 0 Å². The lowest BCUT2D eigenvalue weighted by Gasteiger charge is -2.28. The normalized spacial score (nSPS) is 18.5. The van der Waals surface area contributed by atoms with Crippen LogP contribution in [0.4, 0.5) is 0 Å². The van der Waals surface area contributed by atoms with Gasteiger partial charge in [-0.3, -0.25) is 0 Å². The molecule has 0 aromatic heterocycles. The first kappa shape index (κ1) is 13.2. The Kier molecular flexibility index (Phi) is 4.88. The van der Waals surface area contributed by atoms with Crippen LogP contribution in [0.2, 0.25) is 0 Å². The number of aliphatic hydroxyl groups is 1. The first-order valence-electron chi connectivity index (χ1n) is 6.82. The molecule has 18 heavy (non-hydrogen) atoms. The maximum atomic E-state index is 9.48. The van der Waals surface area contributed by atoms with E-state index in [1.165, 1.54) is 32.1 Å². The van der Waals surface area contributed by atoms with Crippen LogP contribution in [0.3, 0.4) is 0 Å². The van der Waals surface area contributed by atoms with Crippen molar-refractivity contribution in [3.63, 3.8) is 0 Å². The second-order valence-electron chi connectivity index (χ2n) is 5.15. The Morgan fingerprint density at radius 2 is 2.00 bits per heavy atom. The van der Waals surface area contributed by atoms with Crippen LogP contribution in [0.1, 0.15) is 32.1 Å². The molecule has 1 aromatic carbocycles. The van der Waals surface area contributed by atoms with Crippen molar-refractivity contribution in [2.24, 2.45) is 11.8 Å². The summed E-state index contributed by atoms with van der Waals surface area (Å²) in [6.45, 7) is 0.716. The Morgan fingerprint density at radius 1 is 1.22 bits per heavy atom. The Balaban J connectivity index is 1.86. The van der Waals surface area contributed by atoms with E-state index < -0.39 is 0 Å². The quantitative estimate of drug-likeness (QED) is 0.844. The lowest BCUT2D eigenvalue weighted by Crippen LogP contribution is -2.26. The summed E-state index contributed by atoms with van der Waals surface area (Å²) in [6.07, 6.45) is 6.27. The van der Waals surface area contributed by atoms with E-state index in [0.717, 1.165) is 0 Å². The van der Waals surface area contributed by atoms with E-state index in [1.807, 2.05) is 6.07 Å². The standard InChI is InChI=1S/C15H22O3/c16-10-13(12-5-2-1-3-6-12)11-18-15-8-4-7-14(17)9-15/h4,7-9,12-13,16-17H,1-3,5-6,10-11H2. The largest absolute Gasteiger partial charge is 0.508 e. The predicted octanol–water partition coefficient (Wildman–Crippen LogP) is 2.96. The van der Waals surface area contributed by atoms with Gasteiger partial charge >= 0.3 is 0 Å². The minimum atomic E-state index is 0.184. The van der Waals surface area contributed by atoms with Crippen molar-refractivity contribution in [3.8, 4) is 11.5 Å². The first-order chi connectivity index (χ1) is 8.79. The van der Waals surface area contributed by atoms with Gasteiger partial charge in [0.05, 0.1) is 6.61 Å². The fourth-order valence-electron chi connectivity index (χ4n) is 2.72. The van der Waals surface area contributed by atoms with Crippen LogP contribution >= 0.6 is 0 Å². The molecule has 2 rings (SSSR count). The van der Waals surface area contributed by atoms with E-state index in [1.54, 1.807) is 18.2 Å². The van der Waals surface area contributed by atoms with Crippen molar-refractivity contribution in [3.05, 3.63) is 24.3 Å². The summed E-state index contributed by atoms with van der Waals surface area (Å²) in [7, 11) is 0. The number of aromatic hydroxyl groups is 1. The minimum Gasteiger partial charge on any atom is -0.508 e. The van der Waals surface area contributed by atoms with Crippen LogP contribution in [0.5, 0.6) is 11.5 Å². The number of benzene rings is 1. The summed E-state index contributed by atoms with van der Waals surface area (Å²) in [6, 6.07) is 6.82. The Labute approximate surface area is 108 Å². The van der Waals surface area contributed by atoms with Crippen LogP contribution in [0.15, 0.2) is 24.3 Å². The second-order valence-corrected chi connectivity index (χ2v) is 5.15. The van der Waals surface area contributed by atoms with Crippen LogP contribution in [0.25, 0.3) is 0 Å². The molecule has 1 aliphatic rings. The molecule has 0 bridgehead atoms.